The highest BCUT2D eigenvalue weighted by molar-refractivity contribution is 5.58. The van der Waals surface area contributed by atoms with Gasteiger partial charge in [0, 0.05) is 5.92 Å². The molecule has 1 aliphatic carbocycles. The van der Waals surface area contributed by atoms with Crippen LogP contribution in [0, 0.1) is 11.8 Å². The smallest absolute Gasteiger partial charge is 0.123 e. The summed E-state index contributed by atoms with van der Waals surface area (Å²) in [5.41, 5.74) is 4.18. The molecule has 80 valence electrons. The normalized spacial score (nSPS) is 19.3. The molecule has 1 aliphatic rings. The molecule has 0 N–H and O–H groups in total. The summed E-state index contributed by atoms with van der Waals surface area (Å²) in [7, 11) is 0. The first kappa shape index (κ1) is 10.4. The Labute approximate surface area is 91.5 Å². The van der Waals surface area contributed by atoms with Crippen LogP contribution in [0.2, 0.25) is 0 Å². The van der Waals surface area contributed by atoms with Crippen LogP contribution in [0.3, 0.4) is 0 Å². The third kappa shape index (κ3) is 2.28. The Morgan fingerprint density at radius 2 is 2.07 bits per heavy atom. The highest BCUT2D eigenvalue weighted by Gasteiger charge is 2.20. The second kappa shape index (κ2) is 4.18. The summed E-state index contributed by atoms with van der Waals surface area (Å²) in [4.78, 5) is 10.7. The molecule has 0 saturated carbocycles. The minimum Gasteiger partial charge on any atom is -0.303 e. The van der Waals surface area contributed by atoms with Crippen molar-refractivity contribution in [3.05, 3.63) is 34.9 Å². The molecule has 0 fully saturated rings. The number of hydrogen-bond acceptors (Lipinski definition) is 1. The number of aldehydes is 1. The zero-order chi connectivity index (χ0) is 10.8. The first-order valence-corrected chi connectivity index (χ1v) is 5.75. The lowest BCUT2D eigenvalue weighted by molar-refractivity contribution is -0.110. The van der Waals surface area contributed by atoms with E-state index in [4.69, 9.17) is 0 Å². The van der Waals surface area contributed by atoms with Crippen molar-refractivity contribution in [3.63, 3.8) is 0 Å². The first-order chi connectivity index (χ1) is 7.19. The third-order valence-electron chi connectivity index (χ3n) is 3.07. The van der Waals surface area contributed by atoms with E-state index in [0.717, 1.165) is 25.5 Å². The zero-order valence-electron chi connectivity index (χ0n) is 9.49. The fourth-order valence-electron chi connectivity index (χ4n) is 2.40. The Bertz CT molecular complexity index is 366. The van der Waals surface area contributed by atoms with Gasteiger partial charge in [0.2, 0.25) is 0 Å². The molecule has 1 atom stereocenters. The molecule has 15 heavy (non-hydrogen) atoms. The van der Waals surface area contributed by atoms with E-state index in [2.05, 4.69) is 32.0 Å². The predicted octanol–water partition coefficient (Wildman–Crippen LogP) is 2.80. The van der Waals surface area contributed by atoms with Crippen LogP contribution in [0.5, 0.6) is 0 Å². The van der Waals surface area contributed by atoms with Gasteiger partial charge in [-0.1, -0.05) is 32.0 Å². The molecule has 0 bridgehead atoms. The van der Waals surface area contributed by atoms with Crippen LogP contribution in [0.1, 0.15) is 30.5 Å². The number of carbonyl (C=O) groups excluding carboxylic acids is 1. The molecule has 0 amide bonds. The van der Waals surface area contributed by atoms with Crippen molar-refractivity contribution in [1.82, 2.24) is 0 Å². The minimum absolute atomic E-state index is 0.231. The van der Waals surface area contributed by atoms with Crippen molar-refractivity contribution in [2.45, 2.75) is 33.1 Å². The Morgan fingerprint density at radius 1 is 1.33 bits per heavy atom. The highest BCUT2D eigenvalue weighted by Crippen LogP contribution is 2.27. The second-order valence-corrected chi connectivity index (χ2v) is 5.01. The number of benzene rings is 1. The van der Waals surface area contributed by atoms with Crippen LogP contribution in [0.15, 0.2) is 18.2 Å². The fraction of sp³-hybridized carbons (Fsp3) is 0.500. The molecule has 1 aromatic rings. The quantitative estimate of drug-likeness (QED) is 0.689. The summed E-state index contributed by atoms with van der Waals surface area (Å²) in [5.74, 6) is 0.931. The molecule has 0 radical (unpaired) electrons. The summed E-state index contributed by atoms with van der Waals surface area (Å²) in [6.45, 7) is 4.48. The Balaban J connectivity index is 2.18. The summed E-state index contributed by atoms with van der Waals surface area (Å²) in [6, 6.07) is 6.71. The van der Waals surface area contributed by atoms with Crippen LogP contribution in [-0.2, 0) is 24.1 Å². The average Bonchev–Trinajstić information content (AvgIpc) is 2.58. The van der Waals surface area contributed by atoms with Crippen molar-refractivity contribution in [3.8, 4) is 0 Å². The standard InChI is InChI=1S/C14H18O/c1-10(2)5-11-3-4-13-7-12(9-15)8-14(13)6-11/h3-4,6,9-10,12H,5,7-8H2,1-2H3. The molecule has 1 heteroatoms. The molecule has 2 rings (SSSR count). The van der Waals surface area contributed by atoms with Gasteiger partial charge in [-0.15, -0.1) is 0 Å². The summed E-state index contributed by atoms with van der Waals surface area (Å²) in [6.07, 6.45) is 4.13. The van der Waals surface area contributed by atoms with E-state index in [9.17, 15) is 4.79 Å². The lowest BCUT2D eigenvalue weighted by Gasteiger charge is -2.07. The topological polar surface area (TPSA) is 17.1 Å². The molecule has 1 nitrogen and oxygen atoms in total. The highest BCUT2D eigenvalue weighted by atomic mass is 16.1. The lowest BCUT2D eigenvalue weighted by Crippen LogP contribution is -1.99. The van der Waals surface area contributed by atoms with E-state index in [0.29, 0.717) is 5.92 Å². The maximum atomic E-state index is 10.7. The van der Waals surface area contributed by atoms with Gasteiger partial charge in [-0.2, -0.15) is 0 Å². The molecule has 0 aliphatic heterocycles. The van der Waals surface area contributed by atoms with Gasteiger partial charge in [-0.3, -0.25) is 0 Å². The summed E-state index contributed by atoms with van der Waals surface area (Å²) >= 11 is 0. The van der Waals surface area contributed by atoms with Gasteiger partial charge in [-0.05, 0) is 41.9 Å². The molecule has 0 spiro atoms. The van der Waals surface area contributed by atoms with E-state index in [1.165, 1.54) is 16.7 Å². The SMILES string of the molecule is CC(C)Cc1ccc2c(c1)CC(C=O)C2. The van der Waals surface area contributed by atoms with Crippen molar-refractivity contribution in [2.75, 3.05) is 0 Å². The van der Waals surface area contributed by atoms with Crippen molar-refractivity contribution in [2.24, 2.45) is 11.8 Å². The van der Waals surface area contributed by atoms with Gasteiger partial charge in [0.05, 0.1) is 0 Å². The van der Waals surface area contributed by atoms with Crippen molar-refractivity contribution < 1.29 is 4.79 Å². The molecule has 0 aromatic heterocycles. The van der Waals surface area contributed by atoms with Crippen LogP contribution in [-0.4, -0.2) is 6.29 Å². The Hall–Kier alpha value is -1.11. The lowest BCUT2D eigenvalue weighted by atomic mass is 9.99. The molecular formula is C14H18O. The van der Waals surface area contributed by atoms with Crippen LogP contribution in [0.25, 0.3) is 0 Å². The average molecular weight is 202 g/mol. The number of rotatable bonds is 3. The van der Waals surface area contributed by atoms with E-state index >= 15 is 0 Å². The van der Waals surface area contributed by atoms with Crippen LogP contribution >= 0.6 is 0 Å². The largest absolute Gasteiger partial charge is 0.303 e. The maximum absolute atomic E-state index is 10.7. The molecule has 0 saturated heterocycles. The third-order valence-corrected chi connectivity index (χ3v) is 3.07. The van der Waals surface area contributed by atoms with Gasteiger partial charge in [0.25, 0.3) is 0 Å². The number of hydrogen-bond donors (Lipinski definition) is 0. The number of carbonyl (C=O) groups is 1. The Kier molecular flexibility index (Phi) is 2.90. The number of fused-ring (bicyclic) bond motifs is 1. The zero-order valence-corrected chi connectivity index (χ0v) is 9.49. The van der Waals surface area contributed by atoms with Crippen molar-refractivity contribution >= 4 is 6.29 Å². The maximum Gasteiger partial charge on any atom is 0.123 e. The Morgan fingerprint density at radius 3 is 2.73 bits per heavy atom. The first-order valence-electron chi connectivity index (χ1n) is 5.75. The molecule has 0 heterocycles. The van der Waals surface area contributed by atoms with Crippen LogP contribution in [0.4, 0.5) is 0 Å². The van der Waals surface area contributed by atoms with E-state index < -0.39 is 0 Å². The summed E-state index contributed by atoms with van der Waals surface area (Å²) in [5, 5.41) is 0. The van der Waals surface area contributed by atoms with Gasteiger partial charge in [0.15, 0.2) is 0 Å². The minimum atomic E-state index is 0.231. The second-order valence-electron chi connectivity index (χ2n) is 5.01. The van der Waals surface area contributed by atoms with Crippen LogP contribution < -0.4 is 0 Å². The van der Waals surface area contributed by atoms with Crippen molar-refractivity contribution in [1.29, 1.82) is 0 Å². The van der Waals surface area contributed by atoms with Gasteiger partial charge >= 0.3 is 0 Å². The molecule has 1 aromatic carbocycles. The molecular weight excluding hydrogens is 184 g/mol. The van der Waals surface area contributed by atoms with Gasteiger partial charge in [0.1, 0.15) is 6.29 Å². The van der Waals surface area contributed by atoms with E-state index in [1.807, 2.05) is 0 Å². The van der Waals surface area contributed by atoms with Gasteiger partial charge in [-0.25, -0.2) is 0 Å². The fourth-order valence-corrected chi connectivity index (χ4v) is 2.40. The van der Waals surface area contributed by atoms with Gasteiger partial charge < -0.3 is 4.79 Å². The molecule has 1 unspecified atom stereocenters. The van der Waals surface area contributed by atoms with E-state index in [-0.39, 0.29) is 5.92 Å². The summed E-state index contributed by atoms with van der Waals surface area (Å²) < 4.78 is 0. The van der Waals surface area contributed by atoms with E-state index in [1.54, 1.807) is 0 Å². The monoisotopic (exact) mass is 202 g/mol. The predicted molar refractivity (Wildman–Crippen MR) is 61.9 cm³/mol.